The Morgan fingerprint density at radius 1 is 1.10 bits per heavy atom. The van der Waals surface area contributed by atoms with Crippen LogP contribution in [0.3, 0.4) is 0 Å². The first-order valence-corrected chi connectivity index (χ1v) is 9.09. The van der Waals surface area contributed by atoms with Gasteiger partial charge in [0.2, 0.25) is 10.0 Å². The number of hydrogen-bond donors (Lipinski definition) is 1. The third-order valence-corrected chi connectivity index (χ3v) is 5.74. The first-order chi connectivity index (χ1) is 9.78. The average molecular weight is 329 g/mol. The molecule has 0 spiro atoms. The number of sulfonamides is 1. The highest BCUT2D eigenvalue weighted by molar-refractivity contribution is 7.89. The highest BCUT2D eigenvalue weighted by Crippen LogP contribution is 2.41. The largest absolute Gasteiger partial charge is 0.392 e. The molecule has 0 bridgehead atoms. The summed E-state index contributed by atoms with van der Waals surface area (Å²) in [5.74, 6) is -2.20. The van der Waals surface area contributed by atoms with Crippen molar-refractivity contribution in [3.05, 3.63) is 0 Å². The minimum absolute atomic E-state index is 0.0988. The van der Waals surface area contributed by atoms with Crippen molar-refractivity contribution in [2.24, 2.45) is 11.8 Å². The molecule has 1 aliphatic heterocycles. The van der Waals surface area contributed by atoms with Gasteiger partial charge in [-0.2, -0.15) is 13.2 Å². The Morgan fingerprint density at radius 2 is 1.81 bits per heavy atom. The van der Waals surface area contributed by atoms with Gasteiger partial charge < -0.3 is 4.74 Å². The zero-order valence-corrected chi connectivity index (χ0v) is 12.7. The SMILES string of the molecule is O=S(=O)(CC1CCCO1)NCC1CCCCC1C(F)(F)F. The van der Waals surface area contributed by atoms with Crippen molar-refractivity contribution in [3.63, 3.8) is 0 Å². The van der Waals surface area contributed by atoms with Crippen LogP contribution in [0, 0.1) is 11.8 Å². The van der Waals surface area contributed by atoms with Gasteiger partial charge in [-0.05, 0) is 31.6 Å². The standard InChI is InChI=1S/C13H22F3NO3S/c14-13(15,16)12-6-2-1-4-10(12)8-17-21(18,19)9-11-5-3-7-20-11/h10-12,17H,1-9H2. The van der Waals surface area contributed by atoms with E-state index in [1.54, 1.807) is 0 Å². The molecule has 8 heteroatoms. The maximum atomic E-state index is 12.9. The fourth-order valence-electron chi connectivity index (χ4n) is 3.20. The molecule has 2 fully saturated rings. The Morgan fingerprint density at radius 3 is 2.43 bits per heavy atom. The summed E-state index contributed by atoms with van der Waals surface area (Å²) >= 11 is 0. The predicted molar refractivity (Wildman–Crippen MR) is 72.3 cm³/mol. The first kappa shape index (κ1) is 17.0. The monoisotopic (exact) mass is 329 g/mol. The van der Waals surface area contributed by atoms with Crippen molar-refractivity contribution in [3.8, 4) is 0 Å². The predicted octanol–water partition coefficient (Wildman–Crippen LogP) is 2.45. The Labute approximate surface area is 123 Å². The molecule has 1 saturated carbocycles. The minimum Gasteiger partial charge on any atom is -0.377 e. The number of nitrogens with one attached hydrogen (secondary N) is 1. The zero-order valence-electron chi connectivity index (χ0n) is 11.9. The summed E-state index contributed by atoms with van der Waals surface area (Å²) in [7, 11) is -3.58. The van der Waals surface area contributed by atoms with Crippen LogP contribution >= 0.6 is 0 Å². The molecule has 0 aromatic carbocycles. The molecule has 2 aliphatic rings. The number of hydrogen-bond acceptors (Lipinski definition) is 3. The molecule has 3 atom stereocenters. The molecular weight excluding hydrogens is 307 g/mol. The van der Waals surface area contributed by atoms with E-state index >= 15 is 0 Å². The Balaban J connectivity index is 1.87. The van der Waals surface area contributed by atoms with Crippen molar-refractivity contribution >= 4 is 10.0 Å². The van der Waals surface area contributed by atoms with E-state index in [9.17, 15) is 21.6 Å². The summed E-state index contributed by atoms with van der Waals surface area (Å²) in [6.45, 7) is 0.429. The fourth-order valence-corrected chi connectivity index (χ4v) is 4.53. The molecule has 0 radical (unpaired) electrons. The van der Waals surface area contributed by atoms with Gasteiger partial charge >= 0.3 is 6.18 Å². The molecule has 0 amide bonds. The first-order valence-electron chi connectivity index (χ1n) is 7.43. The van der Waals surface area contributed by atoms with Gasteiger partial charge in [-0.15, -0.1) is 0 Å². The molecule has 1 saturated heterocycles. The van der Waals surface area contributed by atoms with E-state index in [-0.39, 0.29) is 24.8 Å². The number of halogens is 3. The van der Waals surface area contributed by atoms with Gasteiger partial charge in [-0.1, -0.05) is 12.8 Å². The topological polar surface area (TPSA) is 55.4 Å². The lowest BCUT2D eigenvalue weighted by Crippen LogP contribution is -2.41. The molecule has 0 aromatic rings. The third-order valence-electron chi connectivity index (χ3n) is 4.32. The summed E-state index contributed by atoms with van der Waals surface area (Å²) in [6, 6.07) is 0. The molecule has 1 aliphatic carbocycles. The lowest BCUT2D eigenvalue weighted by molar-refractivity contribution is -0.195. The van der Waals surface area contributed by atoms with E-state index < -0.39 is 28.0 Å². The lowest BCUT2D eigenvalue weighted by atomic mass is 9.79. The van der Waals surface area contributed by atoms with Crippen LogP contribution in [-0.2, 0) is 14.8 Å². The normalized spacial score (nSPS) is 31.5. The average Bonchev–Trinajstić information content (AvgIpc) is 2.88. The smallest absolute Gasteiger partial charge is 0.377 e. The van der Waals surface area contributed by atoms with Gasteiger partial charge in [-0.3, -0.25) is 0 Å². The highest BCUT2D eigenvalue weighted by Gasteiger charge is 2.45. The Bertz CT molecular complexity index is 432. The van der Waals surface area contributed by atoms with E-state index in [0.717, 1.165) is 12.8 Å². The van der Waals surface area contributed by atoms with E-state index in [1.807, 2.05) is 0 Å². The quantitative estimate of drug-likeness (QED) is 0.843. The number of rotatable bonds is 5. The van der Waals surface area contributed by atoms with Crippen molar-refractivity contribution in [2.75, 3.05) is 18.9 Å². The van der Waals surface area contributed by atoms with Crippen LogP contribution in [0.2, 0.25) is 0 Å². The van der Waals surface area contributed by atoms with Crippen molar-refractivity contribution in [1.82, 2.24) is 4.72 Å². The number of ether oxygens (including phenoxy) is 1. The minimum atomic E-state index is -4.24. The molecule has 0 aromatic heterocycles. The van der Waals surface area contributed by atoms with E-state index in [4.69, 9.17) is 4.74 Å². The Kier molecular flexibility index (Phi) is 5.54. The summed E-state index contributed by atoms with van der Waals surface area (Å²) in [5.41, 5.74) is 0. The molecule has 3 unspecified atom stereocenters. The second kappa shape index (κ2) is 6.83. The second-order valence-corrected chi connectivity index (χ2v) is 7.81. The van der Waals surface area contributed by atoms with Crippen LogP contribution in [0.1, 0.15) is 38.5 Å². The molecule has 124 valence electrons. The maximum Gasteiger partial charge on any atom is 0.392 e. The summed E-state index contributed by atoms with van der Waals surface area (Å²) < 4.78 is 70.3. The van der Waals surface area contributed by atoms with Gasteiger partial charge in [-0.25, -0.2) is 13.1 Å². The van der Waals surface area contributed by atoms with Gasteiger partial charge in [0.05, 0.1) is 17.8 Å². The van der Waals surface area contributed by atoms with Gasteiger partial charge in [0, 0.05) is 13.2 Å². The van der Waals surface area contributed by atoms with Crippen LogP contribution in [-0.4, -0.2) is 39.6 Å². The molecule has 1 N–H and O–H groups in total. The zero-order chi connectivity index (χ0) is 15.5. The Hall–Kier alpha value is -0.340. The molecule has 4 nitrogen and oxygen atoms in total. The lowest BCUT2D eigenvalue weighted by Gasteiger charge is -2.33. The van der Waals surface area contributed by atoms with Crippen molar-refractivity contribution in [1.29, 1.82) is 0 Å². The molecule has 21 heavy (non-hydrogen) atoms. The summed E-state index contributed by atoms with van der Waals surface area (Å²) in [4.78, 5) is 0. The van der Waals surface area contributed by atoms with Gasteiger partial charge in [0.25, 0.3) is 0 Å². The van der Waals surface area contributed by atoms with Gasteiger partial charge in [0.1, 0.15) is 0 Å². The fraction of sp³-hybridized carbons (Fsp3) is 1.00. The summed E-state index contributed by atoms with van der Waals surface area (Å²) in [5, 5.41) is 0. The molecule has 2 rings (SSSR count). The van der Waals surface area contributed by atoms with Crippen molar-refractivity contribution in [2.45, 2.75) is 50.8 Å². The van der Waals surface area contributed by atoms with E-state index in [0.29, 0.717) is 25.9 Å². The van der Waals surface area contributed by atoms with E-state index in [2.05, 4.69) is 4.72 Å². The van der Waals surface area contributed by atoms with E-state index in [1.165, 1.54) is 0 Å². The van der Waals surface area contributed by atoms with Crippen LogP contribution < -0.4 is 4.72 Å². The van der Waals surface area contributed by atoms with Crippen LogP contribution in [0.5, 0.6) is 0 Å². The molecule has 1 heterocycles. The maximum absolute atomic E-state index is 12.9. The van der Waals surface area contributed by atoms with Crippen LogP contribution in [0.15, 0.2) is 0 Å². The number of alkyl halides is 3. The summed E-state index contributed by atoms with van der Waals surface area (Å²) in [6.07, 6.45) is -1.24. The van der Waals surface area contributed by atoms with Crippen LogP contribution in [0.4, 0.5) is 13.2 Å². The second-order valence-electron chi connectivity index (χ2n) is 5.96. The van der Waals surface area contributed by atoms with Gasteiger partial charge in [0.15, 0.2) is 0 Å². The molecular formula is C13H22F3NO3S. The highest BCUT2D eigenvalue weighted by atomic mass is 32.2. The van der Waals surface area contributed by atoms with Crippen molar-refractivity contribution < 1.29 is 26.3 Å². The third kappa shape index (κ3) is 5.10. The van der Waals surface area contributed by atoms with Crippen LogP contribution in [0.25, 0.3) is 0 Å².